The van der Waals surface area contributed by atoms with Crippen LogP contribution in [0.15, 0.2) is 11.3 Å². The first-order valence-electron chi connectivity index (χ1n) is 9.52. The van der Waals surface area contributed by atoms with E-state index < -0.39 is 0 Å². The van der Waals surface area contributed by atoms with E-state index >= 15 is 0 Å². The molecule has 1 aromatic heterocycles. The molecule has 1 aromatic rings. The number of nitrogens with two attached hydrogens (primary N) is 1. The summed E-state index contributed by atoms with van der Waals surface area (Å²) in [5, 5.41) is 3.08. The van der Waals surface area contributed by atoms with Gasteiger partial charge in [0.1, 0.15) is 12.0 Å². The zero-order chi connectivity index (χ0) is 19.4. The highest BCUT2D eigenvalue weighted by molar-refractivity contribution is 5.96. The van der Waals surface area contributed by atoms with Gasteiger partial charge in [-0.15, -0.1) is 0 Å². The summed E-state index contributed by atoms with van der Waals surface area (Å²) in [4.78, 5) is 12.1. The number of aryl methyl sites for hydroxylation is 1. The van der Waals surface area contributed by atoms with Crippen LogP contribution in [0.3, 0.4) is 0 Å². The molecule has 148 valence electrons. The van der Waals surface area contributed by atoms with E-state index in [0.717, 1.165) is 37.0 Å². The molecular formula is C19H35N5O2. The van der Waals surface area contributed by atoms with Crippen LogP contribution in [0.2, 0.25) is 0 Å². The van der Waals surface area contributed by atoms with Crippen molar-refractivity contribution < 1.29 is 9.47 Å². The first kappa shape index (κ1) is 22.3. The Morgan fingerprint density at radius 3 is 2.23 bits per heavy atom. The van der Waals surface area contributed by atoms with Crippen molar-refractivity contribution in [1.29, 1.82) is 0 Å². The third-order valence-electron chi connectivity index (χ3n) is 4.04. The van der Waals surface area contributed by atoms with Crippen LogP contribution >= 0.6 is 0 Å². The molecule has 3 rings (SSSR count). The van der Waals surface area contributed by atoms with Gasteiger partial charge < -0.3 is 20.5 Å². The quantitative estimate of drug-likeness (QED) is 0.614. The number of aliphatic imine (C=N–C) groups is 1. The molecule has 2 aliphatic heterocycles. The van der Waals surface area contributed by atoms with E-state index in [2.05, 4.69) is 34.1 Å². The Kier molecular flexibility index (Phi) is 10.8. The maximum atomic E-state index is 5.70. The molecule has 0 saturated carbocycles. The van der Waals surface area contributed by atoms with E-state index in [1.54, 1.807) is 0 Å². The van der Waals surface area contributed by atoms with E-state index in [1.807, 2.05) is 20.8 Å². The lowest BCUT2D eigenvalue weighted by Crippen LogP contribution is -2.12. The van der Waals surface area contributed by atoms with Gasteiger partial charge in [0.15, 0.2) is 5.82 Å². The summed E-state index contributed by atoms with van der Waals surface area (Å²) in [6.45, 7) is 12.7. The second kappa shape index (κ2) is 12.6. The molecule has 0 radical (unpaired) electrons. The van der Waals surface area contributed by atoms with E-state index in [9.17, 15) is 0 Å². The number of anilines is 2. The predicted octanol–water partition coefficient (Wildman–Crippen LogP) is 3.59. The average Bonchev–Trinajstić information content (AvgIpc) is 3.27. The van der Waals surface area contributed by atoms with Crippen molar-refractivity contribution in [2.75, 3.05) is 30.8 Å². The molecule has 2 atom stereocenters. The molecule has 0 spiro atoms. The van der Waals surface area contributed by atoms with E-state index in [4.69, 9.17) is 15.2 Å². The molecule has 2 aliphatic rings. The fraction of sp³-hybridized carbons (Fsp3) is 0.737. The number of nitrogens with one attached hydrogen (secondary N) is 1. The van der Waals surface area contributed by atoms with Crippen LogP contribution in [-0.4, -0.2) is 47.8 Å². The number of hydrogen-bond donors (Lipinski definition) is 2. The molecule has 0 aliphatic carbocycles. The molecule has 0 bridgehead atoms. The van der Waals surface area contributed by atoms with Gasteiger partial charge in [-0.25, -0.2) is 9.97 Å². The third-order valence-corrected chi connectivity index (χ3v) is 4.04. The zero-order valence-corrected chi connectivity index (χ0v) is 16.9. The fourth-order valence-corrected chi connectivity index (χ4v) is 2.62. The Balaban J connectivity index is 0.000000231. The van der Waals surface area contributed by atoms with Gasteiger partial charge in [-0.05, 0) is 60.3 Å². The zero-order valence-electron chi connectivity index (χ0n) is 16.9. The van der Waals surface area contributed by atoms with Gasteiger partial charge in [0.2, 0.25) is 0 Å². The van der Waals surface area contributed by atoms with Gasteiger partial charge in [-0.3, -0.25) is 4.99 Å². The van der Waals surface area contributed by atoms with Crippen molar-refractivity contribution in [2.45, 2.75) is 72.5 Å². The highest BCUT2D eigenvalue weighted by Gasteiger charge is 2.16. The summed E-state index contributed by atoms with van der Waals surface area (Å²) in [7, 11) is 0. The number of nitrogens with zero attached hydrogens (tertiary/aromatic N) is 3. The lowest BCUT2D eigenvalue weighted by Gasteiger charge is -2.09. The number of amidine groups is 1. The van der Waals surface area contributed by atoms with Crippen LogP contribution in [-0.2, 0) is 9.47 Å². The number of ether oxygens (including phenoxy) is 2. The molecule has 3 heterocycles. The molecule has 7 heteroatoms. The maximum Gasteiger partial charge on any atom is 0.150 e. The number of hydrogen-bond acceptors (Lipinski definition) is 6. The van der Waals surface area contributed by atoms with Crippen LogP contribution in [0, 0.1) is 6.92 Å². The van der Waals surface area contributed by atoms with Crippen molar-refractivity contribution in [3.63, 3.8) is 0 Å². The topological polar surface area (TPSA) is 94.6 Å². The molecule has 2 saturated heterocycles. The number of nitrogen functional groups attached to an aromatic ring is 1. The molecule has 0 aromatic carbocycles. The Labute approximate surface area is 157 Å². The smallest absolute Gasteiger partial charge is 0.150 e. The van der Waals surface area contributed by atoms with E-state index in [0.29, 0.717) is 18.0 Å². The van der Waals surface area contributed by atoms with Crippen molar-refractivity contribution in [1.82, 2.24) is 9.97 Å². The standard InChI is InChI=1S/C9H15N5.C6H12O.C4H8O/c1-4-11-7(3)14-8-6(2)12-5-13-9(8)10;1-5-3-4-6(2)7-5;1-2-4-5-3-1/h5H,4H2,1-3H3,(H,11,14)(H2,10,12,13);5-6H,3-4H2,1-2H3;1-4H2/t;5-,6?;/m.1./s1. The van der Waals surface area contributed by atoms with Crippen LogP contribution in [0.5, 0.6) is 0 Å². The number of rotatable bonds is 2. The second-order valence-corrected chi connectivity index (χ2v) is 6.56. The lowest BCUT2D eigenvalue weighted by atomic mass is 10.2. The highest BCUT2D eigenvalue weighted by atomic mass is 16.5. The molecule has 26 heavy (non-hydrogen) atoms. The van der Waals surface area contributed by atoms with Crippen LogP contribution in [0.4, 0.5) is 11.5 Å². The summed E-state index contributed by atoms with van der Waals surface area (Å²) >= 11 is 0. The lowest BCUT2D eigenvalue weighted by molar-refractivity contribution is 0.0673. The Morgan fingerprint density at radius 1 is 1.23 bits per heavy atom. The first-order chi connectivity index (χ1) is 12.4. The molecule has 1 unspecified atom stereocenters. The first-order valence-corrected chi connectivity index (χ1v) is 9.52. The van der Waals surface area contributed by atoms with Gasteiger partial charge in [0, 0.05) is 19.8 Å². The molecule has 3 N–H and O–H groups in total. The van der Waals surface area contributed by atoms with Crippen molar-refractivity contribution in [2.24, 2.45) is 4.99 Å². The minimum Gasteiger partial charge on any atom is -0.382 e. The second-order valence-electron chi connectivity index (χ2n) is 6.56. The van der Waals surface area contributed by atoms with Gasteiger partial charge >= 0.3 is 0 Å². The summed E-state index contributed by atoms with van der Waals surface area (Å²) in [5.41, 5.74) is 7.26. The Morgan fingerprint density at radius 2 is 1.85 bits per heavy atom. The number of aromatic nitrogens is 2. The Hall–Kier alpha value is -1.73. The van der Waals surface area contributed by atoms with Crippen LogP contribution < -0.4 is 11.1 Å². The van der Waals surface area contributed by atoms with Crippen molar-refractivity contribution in [3.05, 3.63) is 12.0 Å². The monoisotopic (exact) mass is 365 g/mol. The molecule has 2 fully saturated rings. The van der Waals surface area contributed by atoms with Gasteiger partial charge in [0.05, 0.1) is 23.7 Å². The van der Waals surface area contributed by atoms with Crippen LogP contribution in [0.1, 0.15) is 59.1 Å². The highest BCUT2D eigenvalue weighted by Crippen LogP contribution is 2.18. The third kappa shape index (κ3) is 9.10. The van der Waals surface area contributed by atoms with E-state index in [-0.39, 0.29) is 0 Å². The fourth-order valence-electron chi connectivity index (χ4n) is 2.62. The minimum atomic E-state index is 0.447. The Bertz CT molecular complexity index is 511. The van der Waals surface area contributed by atoms with E-state index in [1.165, 1.54) is 32.0 Å². The molecular weight excluding hydrogens is 330 g/mol. The van der Waals surface area contributed by atoms with Crippen molar-refractivity contribution in [3.8, 4) is 0 Å². The largest absolute Gasteiger partial charge is 0.382 e. The summed E-state index contributed by atoms with van der Waals surface area (Å²) in [6, 6.07) is 0. The minimum absolute atomic E-state index is 0.447. The van der Waals surface area contributed by atoms with Gasteiger partial charge in [0.25, 0.3) is 0 Å². The van der Waals surface area contributed by atoms with Crippen molar-refractivity contribution >= 4 is 17.3 Å². The van der Waals surface area contributed by atoms with Gasteiger partial charge in [-0.2, -0.15) is 0 Å². The van der Waals surface area contributed by atoms with Crippen LogP contribution in [0.25, 0.3) is 0 Å². The van der Waals surface area contributed by atoms with Gasteiger partial charge in [-0.1, -0.05) is 0 Å². The predicted molar refractivity (Wildman–Crippen MR) is 108 cm³/mol. The molecule has 7 nitrogen and oxygen atoms in total. The average molecular weight is 366 g/mol. The SMILES string of the molecule is C1CCOC1.CC1CC[C@@H](C)O1.CCN=C(C)Nc1c(C)ncnc1N. The summed E-state index contributed by atoms with van der Waals surface area (Å²) in [6.07, 6.45) is 7.55. The normalized spacial score (nSPS) is 22.1. The summed E-state index contributed by atoms with van der Waals surface area (Å²) in [5.74, 6) is 1.26. The maximum absolute atomic E-state index is 5.70. The molecule has 0 amide bonds. The summed E-state index contributed by atoms with van der Waals surface area (Å²) < 4.78 is 10.3.